The summed E-state index contributed by atoms with van der Waals surface area (Å²) in [5.74, 6) is 1.33. The number of methoxy groups -OCH3 is 1. The van der Waals surface area contributed by atoms with Gasteiger partial charge in [0.2, 0.25) is 0 Å². The van der Waals surface area contributed by atoms with Crippen LogP contribution < -0.4 is 10.3 Å². The molecule has 0 fully saturated rings. The molecule has 0 unspecified atom stereocenters. The largest absolute Gasteiger partial charge is 0.497 e. The van der Waals surface area contributed by atoms with Crippen LogP contribution in [0.5, 0.6) is 5.75 Å². The predicted octanol–water partition coefficient (Wildman–Crippen LogP) is 5.82. The Bertz CT molecular complexity index is 1260. The van der Waals surface area contributed by atoms with Crippen molar-refractivity contribution in [3.63, 3.8) is 0 Å². The van der Waals surface area contributed by atoms with Gasteiger partial charge in [-0.25, -0.2) is 4.98 Å². The van der Waals surface area contributed by atoms with Gasteiger partial charge in [0, 0.05) is 8.59 Å². The van der Waals surface area contributed by atoms with Crippen molar-refractivity contribution in [2.45, 2.75) is 0 Å². The Balaban J connectivity index is 1.89. The summed E-state index contributed by atoms with van der Waals surface area (Å²) in [6, 6.07) is 20.5. The van der Waals surface area contributed by atoms with Crippen molar-refractivity contribution in [2.24, 2.45) is 0 Å². The molecule has 0 radical (unpaired) electrons. The highest BCUT2D eigenvalue weighted by molar-refractivity contribution is 14.1. The van der Waals surface area contributed by atoms with Crippen LogP contribution in [-0.4, -0.2) is 16.7 Å². The lowest BCUT2D eigenvalue weighted by Gasteiger charge is -2.12. The summed E-state index contributed by atoms with van der Waals surface area (Å²) in [6.07, 6.45) is 3.77. The SMILES string of the molecule is COc1ccc(C=Cc2nc3ccc(I)cc3c(=O)n2-c2ccc(Cl)cc2)cc1. The quantitative estimate of drug-likeness (QED) is 0.322. The fraction of sp³-hybridized carbons (Fsp3) is 0.0435. The first kappa shape index (κ1) is 19.7. The molecule has 1 heterocycles. The summed E-state index contributed by atoms with van der Waals surface area (Å²) in [5.41, 5.74) is 2.23. The van der Waals surface area contributed by atoms with E-state index in [1.807, 2.05) is 66.7 Å². The second-order valence-corrected chi connectivity index (χ2v) is 8.04. The van der Waals surface area contributed by atoms with Crippen LogP contribution in [0.25, 0.3) is 28.7 Å². The molecule has 0 atom stereocenters. The molecule has 144 valence electrons. The zero-order chi connectivity index (χ0) is 20.4. The molecule has 0 aliphatic heterocycles. The summed E-state index contributed by atoms with van der Waals surface area (Å²) < 4.78 is 7.79. The second-order valence-electron chi connectivity index (χ2n) is 6.35. The van der Waals surface area contributed by atoms with Gasteiger partial charge in [-0.2, -0.15) is 0 Å². The molecule has 3 aromatic carbocycles. The molecular weight excluding hydrogens is 499 g/mol. The van der Waals surface area contributed by atoms with E-state index in [9.17, 15) is 4.79 Å². The van der Waals surface area contributed by atoms with Crippen LogP contribution in [0, 0.1) is 3.57 Å². The van der Waals surface area contributed by atoms with Crippen LogP contribution in [0.2, 0.25) is 5.02 Å². The molecule has 0 spiro atoms. The van der Waals surface area contributed by atoms with Crippen molar-refractivity contribution in [1.82, 2.24) is 9.55 Å². The summed E-state index contributed by atoms with van der Waals surface area (Å²) in [7, 11) is 1.63. The highest BCUT2D eigenvalue weighted by atomic mass is 127. The van der Waals surface area contributed by atoms with Gasteiger partial charge in [-0.05, 0) is 88.8 Å². The maximum absolute atomic E-state index is 13.3. The van der Waals surface area contributed by atoms with Crippen LogP contribution >= 0.6 is 34.2 Å². The van der Waals surface area contributed by atoms with Crippen molar-refractivity contribution in [1.29, 1.82) is 0 Å². The van der Waals surface area contributed by atoms with Crippen molar-refractivity contribution in [3.8, 4) is 11.4 Å². The summed E-state index contributed by atoms with van der Waals surface area (Å²) in [4.78, 5) is 18.1. The van der Waals surface area contributed by atoms with E-state index in [1.165, 1.54) is 0 Å². The number of rotatable bonds is 4. The van der Waals surface area contributed by atoms with Crippen LogP contribution in [0.15, 0.2) is 71.5 Å². The number of ether oxygens (including phenoxy) is 1. The molecule has 6 heteroatoms. The first-order valence-electron chi connectivity index (χ1n) is 8.85. The van der Waals surface area contributed by atoms with E-state index in [1.54, 1.807) is 23.8 Å². The molecule has 0 saturated carbocycles. The maximum atomic E-state index is 13.3. The van der Waals surface area contributed by atoms with Crippen LogP contribution in [0.3, 0.4) is 0 Å². The molecular formula is C23H16ClIN2O2. The third kappa shape index (κ3) is 4.21. The number of benzene rings is 3. The lowest BCUT2D eigenvalue weighted by molar-refractivity contribution is 0.415. The molecule has 1 aromatic heterocycles. The molecule has 4 nitrogen and oxygen atoms in total. The van der Waals surface area contributed by atoms with Crippen LogP contribution in [0.4, 0.5) is 0 Å². The smallest absolute Gasteiger partial charge is 0.266 e. The highest BCUT2D eigenvalue weighted by Gasteiger charge is 2.11. The first-order chi connectivity index (χ1) is 14.0. The maximum Gasteiger partial charge on any atom is 0.266 e. The van der Waals surface area contributed by atoms with Crippen LogP contribution in [-0.2, 0) is 0 Å². The standard InChI is InChI=1S/C23H16ClIN2O2/c1-29-19-10-2-15(3-11-19)4-13-22-26-21-12-7-17(25)14-20(21)23(28)27(22)18-8-5-16(24)6-9-18/h2-14H,1H3. The van der Waals surface area contributed by atoms with Gasteiger partial charge in [0.1, 0.15) is 11.6 Å². The van der Waals surface area contributed by atoms with Crippen molar-refractivity contribution in [3.05, 3.63) is 97.1 Å². The van der Waals surface area contributed by atoms with E-state index in [0.717, 1.165) is 14.9 Å². The third-order valence-electron chi connectivity index (χ3n) is 4.48. The number of halogens is 2. The second kappa shape index (κ2) is 8.39. The minimum Gasteiger partial charge on any atom is -0.497 e. The van der Waals surface area contributed by atoms with Gasteiger partial charge in [0.25, 0.3) is 5.56 Å². The fourth-order valence-corrected chi connectivity index (χ4v) is 3.63. The van der Waals surface area contributed by atoms with E-state index in [2.05, 4.69) is 22.6 Å². The van der Waals surface area contributed by atoms with E-state index in [0.29, 0.717) is 27.4 Å². The first-order valence-corrected chi connectivity index (χ1v) is 10.3. The Morgan fingerprint density at radius 1 is 1.00 bits per heavy atom. The fourth-order valence-electron chi connectivity index (χ4n) is 3.01. The summed E-state index contributed by atoms with van der Waals surface area (Å²) in [6.45, 7) is 0. The van der Waals surface area contributed by atoms with Gasteiger partial charge in [0.05, 0.1) is 23.7 Å². The topological polar surface area (TPSA) is 44.1 Å². The lowest BCUT2D eigenvalue weighted by Crippen LogP contribution is -2.22. The zero-order valence-corrected chi connectivity index (χ0v) is 18.4. The third-order valence-corrected chi connectivity index (χ3v) is 5.40. The Morgan fingerprint density at radius 3 is 2.41 bits per heavy atom. The van der Waals surface area contributed by atoms with Gasteiger partial charge in [-0.1, -0.05) is 29.8 Å². The van der Waals surface area contributed by atoms with Crippen molar-refractivity contribution < 1.29 is 4.74 Å². The van der Waals surface area contributed by atoms with Crippen LogP contribution in [0.1, 0.15) is 11.4 Å². The predicted molar refractivity (Wildman–Crippen MR) is 127 cm³/mol. The molecule has 4 rings (SSSR count). The van der Waals surface area contributed by atoms with E-state index in [4.69, 9.17) is 21.3 Å². The van der Waals surface area contributed by atoms with E-state index < -0.39 is 0 Å². The number of nitrogens with zero attached hydrogens (tertiary/aromatic N) is 2. The molecule has 0 N–H and O–H groups in total. The van der Waals surface area contributed by atoms with Gasteiger partial charge in [-0.3, -0.25) is 9.36 Å². The number of hydrogen-bond donors (Lipinski definition) is 0. The monoisotopic (exact) mass is 514 g/mol. The Labute approximate surface area is 186 Å². The normalized spacial score (nSPS) is 11.3. The van der Waals surface area contributed by atoms with Gasteiger partial charge in [0.15, 0.2) is 0 Å². The molecule has 4 aromatic rings. The van der Waals surface area contributed by atoms with E-state index >= 15 is 0 Å². The van der Waals surface area contributed by atoms with E-state index in [-0.39, 0.29) is 5.56 Å². The van der Waals surface area contributed by atoms with Gasteiger partial charge >= 0.3 is 0 Å². The average molecular weight is 515 g/mol. The molecule has 0 aliphatic carbocycles. The van der Waals surface area contributed by atoms with Gasteiger partial charge in [-0.15, -0.1) is 0 Å². The molecule has 0 aliphatic rings. The summed E-state index contributed by atoms with van der Waals surface area (Å²) >= 11 is 8.23. The van der Waals surface area contributed by atoms with Crippen molar-refractivity contribution in [2.75, 3.05) is 7.11 Å². The highest BCUT2D eigenvalue weighted by Crippen LogP contribution is 2.19. The molecule has 0 amide bonds. The number of fused-ring (bicyclic) bond motifs is 1. The summed E-state index contributed by atoms with van der Waals surface area (Å²) in [5, 5.41) is 1.19. The zero-order valence-electron chi connectivity index (χ0n) is 15.5. The Morgan fingerprint density at radius 2 is 1.72 bits per heavy atom. The number of hydrogen-bond acceptors (Lipinski definition) is 3. The Hall–Kier alpha value is -2.64. The minimum atomic E-state index is -0.120. The molecule has 29 heavy (non-hydrogen) atoms. The number of aromatic nitrogens is 2. The minimum absolute atomic E-state index is 0.120. The lowest BCUT2D eigenvalue weighted by atomic mass is 10.2. The van der Waals surface area contributed by atoms with Crippen molar-refractivity contribution >= 4 is 57.2 Å². The van der Waals surface area contributed by atoms with Gasteiger partial charge < -0.3 is 4.74 Å². The molecule has 0 saturated heterocycles. The molecule has 0 bridgehead atoms. The Kier molecular flexibility index (Phi) is 5.69. The average Bonchev–Trinajstić information content (AvgIpc) is 2.74.